The predicted molar refractivity (Wildman–Crippen MR) is 109 cm³/mol. The van der Waals surface area contributed by atoms with E-state index in [1.807, 2.05) is 24.3 Å². The van der Waals surface area contributed by atoms with Gasteiger partial charge in [0.1, 0.15) is 24.4 Å². The van der Waals surface area contributed by atoms with Gasteiger partial charge in [0.2, 0.25) is 0 Å². The molecule has 0 amide bonds. The van der Waals surface area contributed by atoms with E-state index in [-0.39, 0.29) is 12.6 Å². The maximum atomic E-state index is 10.9. The molecular weight excluding hydrogens is 384 g/mol. The number of aliphatic carboxylic acids is 1. The normalized spacial score (nSPS) is 19.0. The molecule has 3 heterocycles. The van der Waals surface area contributed by atoms with Crippen LogP contribution in [0.15, 0.2) is 66.2 Å². The van der Waals surface area contributed by atoms with Gasteiger partial charge in [0.25, 0.3) is 6.02 Å². The first-order valence-corrected chi connectivity index (χ1v) is 9.17. The number of rotatable bonds is 3. The number of ether oxygens (including phenoxy) is 2. The third kappa shape index (κ3) is 2.86. The van der Waals surface area contributed by atoms with E-state index < -0.39 is 11.5 Å². The Morgan fingerprint density at radius 2 is 1.80 bits per heavy atom. The van der Waals surface area contributed by atoms with Gasteiger partial charge in [-0.25, -0.2) is 19.8 Å². The molecule has 8 heteroatoms. The van der Waals surface area contributed by atoms with Crippen LogP contribution < -0.4 is 10.5 Å². The van der Waals surface area contributed by atoms with Crippen LogP contribution in [0.25, 0.3) is 17.2 Å². The number of fused-ring (bicyclic) bond motifs is 4. The molecule has 0 fully saturated rings. The summed E-state index contributed by atoms with van der Waals surface area (Å²) in [4.78, 5) is 23.7. The molecule has 0 saturated carbocycles. The van der Waals surface area contributed by atoms with Crippen molar-refractivity contribution in [3.63, 3.8) is 0 Å². The van der Waals surface area contributed by atoms with Crippen LogP contribution in [-0.4, -0.2) is 33.7 Å². The van der Waals surface area contributed by atoms with Gasteiger partial charge in [-0.3, -0.25) is 0 Å². The highest BCUT2D eigenvalue weighted by molar-refractivity contribution is 5.85. The van der Waals surface area contributed by atoms with Crippen LogP contribution in [-0.2, 0) is 15.1 Å². The van der Waals surface area contributed by atoms with E-state index >= 15 is 0 Å². The van der Waals surface area contributed by atoms with Crippen molar-refractivity contribution in [3.05, 3.63) is 77.9 Å². The van der Waals surface area contributed by atoms with Crippen LogP contribution in [0.4, 0.5) is 0 Å². The number of carboxylic acids is 1. The van der Waals surface area contributed by atoms with Gasteiger partial charge in [0.15, 0.2) is 5.54 Å². The zero-order valence-electron chi connectivity index (χ0n) is 15.6. The van der Waals surface area contributed by atoms with Crippen molar-refractivity contribution in [1.82, 2.24) is 9.97 Å². The van der Waals surface area contributed by atoms with Crippen LogP contribution >= 0.6 is 0 Å². The summed E-state index contributed by atoms with van der Waals surface area (Å²) in [5.74, 6) is 0.247. The Morgan fingerprint density at radius 3 is 2.50 bits per heavy atom. The minimum atomic E-state index is -1.02. The van der Waals surface area contributed by atoms with E-state index in [1.165, 1.54) is 12.4 Å². The molecule has 5 rings (SSSR count). The molecule has 1 spiro atoms. The van der Waals surface area contributed by atoms with Gasteiger partial charge in [-0.1, -0.05) is 12.1 Å². The van der Waals surface area contributed by atoms with Gasteiger partial charge < -0.3 is 20.3 Å². The maximum Gasteiger partial charge on any atom is 0.328 e. The molecule has 2 aliphatic rings. The molecule has 0 bridgehead atoms. The number of benzene rings is 2. The van der Waals surface area contributed by atoms with Gasteiger partial charge in [-0.05, 0) is 41.5 Å². The lowest BCUT2D eigenvalue weighted by atomic mass is 9.80. The van der Waals surface area contributed by atoms with Crippen LogP contribution in [0.1, 0.15) is 16.7 Å². The smallest absolute Gasteiger partial charge is 0.328 e. The highest BCUT2D eigenvalue weighted by Gasteiger charge is 2.47. The number of carboxylic acid groups (broad SMARTS) is 1. The Kier molecular flexibility index (Phi) is 3.99. The Balaban J connectivity index is 1.69. The molecule has 1 aromatic heterocycles. The summed E-state index contributed by atoms with van der Waals surface area (Å²) >= 11 is 0. The molecule has 30 heavy (non-hydrogen) atoms. The third-order valence-electron chi connectivity index (χ3n) is 5.14. The Labute approximate surface area is 171 Å². The Bertz CT molecular complexity index is 1220. The first kappa shape index (κ1) is 17.9. The topological polar surface area (TPSA) is 120 Å². The van der Waals surface area contributed by atoms with Crippen LogP contribution in [0.5, 0.6) is 11.5 Å². The maximum absolute atomic E-state index is 10.9. The number of hydrogen-bond acceptors (Lipinski definition) is 7. The molecule has 2 aromatic carbocycles. The average Bonchev–Trinajstić information content (AvgIpc) is 3.15. The fraction of sp³-hybridized carbons (Fsp3) is 0.0909. The molecule has 0 unspecified atom stereocenters. The number of nitrogens with zero attached hydrogens (tertiary/aromatic N) is 3. The summed E-state index contributed by atoms with van der Waals surface area (Å²) in [6.07, 6.45) is 7.55. The molecule has 3 N–H and O–H groups in total. The van der Waals surface area contributed by atoms with Gasteiger partial charge in [0.05, 0.1) is 0 Å². The van der Waals surface area contributed by atoms with Crippen molar-refractivity contribution in [3.8, 4) is 22.6 Å². The largest absolute Gasteiger partial charge is 0.478 e. The molecule has 2 aliphatic heterocycles. The molecule has 1 atom stereocenters. The lowest BCUT2D eigenvalue weighted by molar-refractivity contribution is -0.131. The van der Waals surface area contributed by atoms with E-state index in [9.17, 15) is 4.79 Å². The van der Waals surface area contributed by atoms with Crippen molar-refractivity contribution >= 4 is 18.1 Å². The molecule has 0 aliphatic carbocycles. The first-order chi connectivity index (χ1) is 14.5. The third-order valence-corrected chi connectivity index (χ3v) is 5.14. The molecule has 3 aromatic rings. The fourth-order valence-corrected chi connectivity index (χ4v) is 3.77. The quantitative estimate of drug-likeness (QED) is 0.649. The Hall–Kier alpha value is -4.20. The zero-order chi connectivity index (χ0) is 20.7. The zero-order valence-corrected chi connectivity index (χ0v) is 15.6. The molecular formula is C22H16N4O4. The van der Waals surface area contributed by atoms with Crippen molar-refractivity contribution in [1.29, 1.82) is 0 Å². The number of nitrogens with two attached hydrogens (primary N) is 1. The van der Waals surface area contributed by atoms with Crippen LogP contribution in [0.2, 0.25) is 0 Å². The predicted octanol–water partition coefficient (Wildman–Crippen LogP) is 2.94. The Morgan fingerprint density at radius 1 is 1.07 bits per heavy atom. The first-order valence-electron chi connectivity index (χ1n) is 9.17. The second-order valence-electron chi connectivity index (χ2n) is 6.97. The van der Waals surface area contributed by atoms with E-state index in [1.54, 1.807) is 24.5 Å². The summed E-state index contributed by atoms with van der Waals surface area (Å²) in [5.41, 5.74) is 9.04. The van der Waals surface area contributed by atoms with Crippen molar-refractivity contribution in [2.24, 2.45) is 10.7 Å². The van der Waals surface area contributed by atoms with Gasteiger partial charge in [-0.2, -0.15) is 0 Å². The van der Waals surface area contributed by atoms with Gasteiger partial charge in [0, 0.05) is 35.2 Å². The lowest BCUT2D eigenvalue weighted by Crippen LogP contribution is -2.31. The minimum absolute atomic E-state index is 0.0914. The van der Waals surface area contributed by atoms with Gasteiger partial charge >= 0.3 is 5.97 Å². The van der Waals surface area contributed by atoms with Crippen LogP contribution in [0.3, 0.4) is 0 Å². The van der Waals surface area contributed by atoms with Gasteiger partial charge in [-0.15, -0.1) is 0 Å². The van der Waals surface area contributed by atoms with Crippen molar-refractivity contribution in [2.45, 2.75) is 5.54 Å². The SMILES string of the molecule is NC1=N[C@@]2(CO1)c1cc(/C=C/C(=O)O)ccc1Oc1ccc(-c3cncnc3)cc12. The number of aliphatic imine (C=N–C) groups is 1. The average molecular weight is 400 g/mol. The monoisotopic (exact) mass is 400 g/mol. The number of hydrogen-bond donors (Lipinski definition) is 2. The fourth-order valence-electron chi connectivity index (χ4n) is 3.77. The summed E-state index contributed by atoms with van der Waals surface area (Å²) in [6.45, 7) is 0.211. The van der Waals surface area contributed by atoms with E-state index in [2.05, 4.69) is 15.0 Å². The summed E-state index contributed by atoms with van der Waals surface area (Å²) in [6, 6.07) is 11.3. The number of carbonyl (C=O) groups is 1. The summed E-state index contributed by atoms with van der Waals surface area (Å²) in [5, 5.41) is 8.94. The molecule has 8 nitrogen and oxygen atoms in total. The van der Waals surface area contributed by atoms with E-state index in [0.29, 0.717) is 17.1 Å². The molecule has 148 valence electrons. The standard InChI is InChI=1S/C22H16N4O4/c23-21-26-22(11-29-21)16-7-13(2-6-20(27)28)1-4-18(16)30-19-5-3-14(8-17(19)22)15-9-24-12-25-10-15/h1-10,12H,11H2,(H2,23,26)(H,27,28)/b6-2+/t22-/m0/s1. The minimum Gasteiger partial charge on any atom is -0.478 e. The van der Waals surface area contributed by atoms with Crippen molar-refractivity contribution in [2.75, 3.05) is 6.61 Å². The van der Waals surface area contributed by atoms with E-state index in [4.69, 9.17) is 20.3 Å². The number of aromatic nitrogens is 2. The highest BCUT2D eigenvalue weighted by atomic mass is 16.5. The van der Waals surface area contributed by atoms with Crippen LogP contribution in [0, 0.1) is 0 Å². The van der Waals surface area contributed by atoms with E-state index in [0.717, 1.165) is 28.3 Å². The molecule has 0 saturated heterocycles. The van der Waals surface area contributed by atoms with Crippen molar-refractivity contribution < 1.29 is 19.4 Å². The summed E-state index contributed by atoms with van der Waals surface area (Å²) in [7, 11) is 0. The summed E-state index contributed by atoms with van der Waals surface area (Å²) < 4.78 is 11.7. The second-order valence-corrected chi connectivity index (χ2v) is 6.97. The molecule has 0 radical (unpaired) electrons. The lowest BCUT2D eigenvalue weighted by Gasteiger charge is -2.34. The highest BCUT2D eigenvalue weighted by Crippen LogP contribution is 2.51. The number of amidine groups is 1. The second kappa shape index (κ2) is 6.70.